The van der Waals surface area contributed by atoms with Crippen LogP contribution in [0.2, 0.25) is 10.0 Å². The zero-order chi connectivity index (χ0) is 42.4. The van der Waals surface area contributed by atoms with E-state index in [2.05, 4.69) is 37.3 Å². The van der Waals surface area contributed by atoms with Crippen LogP contribution in [-0.2, 0) is 14.3 Å². The molecule has 4 aromatic carbocycles. The summed E-state index contributed by atoms with van der Waals surface area (Å²) in [5.74, 6) is 0.141. The third kappa shape index (κ3) is 9.99. The molecule has 0 radical (unpaired) electrons. The van der Waals surface area contributed by atoms with E-state index in [4.69, 9.17) is 42.6 Å². The van der Waals surface area contributed by atoms with Gasteiger partial charge in [0.05, 0.1) is 28.8 Å². The van der Waals surface area contributed by atoms with Crippen LogP contribution in [0.5, 0.6) is 0 Å². The van der Waals surface area contributed by atoms with Crippen molar-refractivity contribution in [1.82, 2.24) is 9.97 Å². The molecule has 6 aromatic rings. The van der Waals surface area contributed by atoms with E-state index in [1.165, 1.54) is 31.4 Å². The van der Waals surface area contributed by atoms with Gasteiger partial charge in [-0.3, -0.25) is 9.97 Å². The smallest absolute Gasteiger partial charge is 0.337 e. The normalized spacial score (nSPS) is 15.5. The summed E-state index contributed by atoms with van der Waals surface area (Å²) in [6.07, 6.45) is 3.30. The predicted octanol–water partition coefficient (Wildman–Crippen LogP) is 13.3. The van der Waals surface area contributed by atoms with Gasteiger partial charge in [0.15, 0.2) is 6.10 Å². The van der Waals surface area contributed by atoms with Gasteiger partial charge in [-0.2, -0.15) is 0 Å². The van der Waals surface area contributed by atoms with Gasteiger partial charge in [-0.25, -0.2) is 4.79 Å². The van der Waals surface area contributed by atoms with Crippen molar-refractivity contribution >= 4 is 51.0 Å². The average molecular weight is 834 g/mol. The maximum Gasteiger partial charge on any atom is 0.337 e. The first-order valence-corrected chi connectivity index (χ1v) is 21.3. The molecule has 0 spiro atoms. The first-order chi connectivity index (χ1) is 27.9. The first kappa shape index (κ1) is 42.7. The number of carboxylic acids is 1. The molecule has 2 aromatic heterocycles. The number of aromatic nitrogens is 2. The second-order valence-corrected chi connectivity index (χ2v) is 18.9. The molecule has 8 rings (SSSR count). The van der Waals surface area contributed by atoms with E-state index >= 15 is 0 Å². The van der Waals surface area contributed by atoms with Gasteiger partial charge in [0.2, 0.25) is 0 Å². The number of hydrogen-bond acceptors (Lipinski definition) is 6. The summed E-state index contributed by atoms with van der Waals surface area (Å²) in [6.45, 7) is 15.6. The maximum absolute atomic E-state index is 12.3. The highest BCUT2D eigenvalue weighted by Gasteiger charge is 2.33. The number of aliphatic hydroxyl groups excluding tert-OH is 1. The van der Waals surface area contributed by atoms with E-state index in [0.29, 0.717) is 27.4 Å². The lowest BCUT2D eigenvalue weighted by atomic mass is 9.88. The Kier molecular flexibility index (Phi) is 12.3. The monoisotopic (exact) mass is 832 g/mol. The van der Waals surface area contributed by atoms with Crippen molar-refractivity contribution in [1.29, 1.82) is 0 Å². The third-order valence-corrected chi connectivity index (χ3v) is 11.2. The number of pyridine rings is 2. The molecule has 2 atom stereocenters. The van der Waals surface area contributed by atoms with Crippen LogP contribution >= 0.6 is 23.2 Å². The van der Waals surface area contributed by atoms with E-state index in [9.17, 15) is 15.0 Å². The molecule has 0 saturated heterocycles. The van der Waals surface area contributed by atoms with Crippen molar-refractivity contribution in [3.05, 3.63) is 129 Å². The highest BCUT2D eigenvalue weighted by molar-refractivity contribution is 6.31. The van der Waals surface area contributed by atoms with Gasteiger partial charge in [0, 0.05) is 49.6 Å². The minimum absolute atomic E-state index is 0.0855. The zero-order valence-corrected chi connectivity index (χ0v) is 36.7. The number of aryl methyl sites for hydroxylation is 2. The molecule has 9 heteroatoms. The van der Waals surface area contributed by atoms with Crippen LogP contribution in [0.1, 0.15) is 125 Å². The Hall–Kier alpha value is -4.37. The average Bonchev–Trinajstić information content (AvgIpc) is 4.10. The van der Waals surface area contributed by atoms with E-state index in [-0.39, 0.29) is 12.2 Å². The number of aliphatic carboxylic acids is 1. The second kappa shape index (κ2) is 16.9. The quantitative estimate of drug-likeness (QED) is 0.142. The fourth-order valence-corrected chi connectivity index (χ4v) is 8.15. The van der Waals surface area contributed by atoms with Crippen molar-refractivity contribution in [3.63, 3.8) is 0 Å². The van der Waals surface area contributed by atoms with E-state index in [1.54, 1.807) is 0 Å². The molecule has 0 bridgehead atoms. The molecule has 7 nitrogen and oxygen atoms in total. The number of halogens is 2. The Labute approximate surface area is 357 Å². The summed E-state index contributed by atoms with van der Waals surface area (Å²) < 4.78 is 12.3. The predicted molar refractivity (Wildman–Crippen MR) is 240 cm³/mol. The summed E-state index contributed by atoms with van der Waals surface area (Å²) in [4.78, 5) is 22.2. The van der Waals surface area contributed by atoms with Crippen LogP contribution in [0.3, 0.4) is 0 Å². The molecule has 2 aliphatic rings. The largest absolute Gasteiger partial charge is 0.479 e. The molecule has 2 heterocycles. The Morgan fingerprint density at radius 1 is 0.661 bits per heavy atom. The summed E-state index contributed by atoms with van der Waals surface area (Å²) in [7, 11) is 0. The van der Waals surface area contributed by atoms with Crippen LogP contribution < -0.4 is 0 Å². The fourth-order valence-electron chi connectivity index (χ4n) is 7.90. The summed E-state index contributed by atoms with van der Waals surface area (Å²) in [5.41, 5.74) is 10.6. The van der Waals surface area contributed by atoms with Gasteiger partial charge < -0.3 is 19.7 Å². The van der Waals surface area contributed by atoms with Crippen molar-refractivity contribution in [2.24, 2.45) is 0 Å². The number of aliphatic hydroxyl groups is 1. The fraction of sp³-hybridized carbons (Fsp3) is 0.380. The van der Waals surface area contributed by atoms with Gasteiger partial charge in [-0.15, -0.1) is 0 Å². The molecule has 2 fully saturated rings. The van der Waals surface area contributed by atoms with Gasteiger partial charge in [0.1, 0.15) is 6.10 Å². The van der Waals surface area contributed by atoms with Crippen molar-refractivity contribution < 1.29 is 24.5 Å². The molecular formula is C50H54Cl2N2O5. The molecule has 59 heavy (non-hydrogen) atoms. The summed E-state index contributed by atoms with van der Waals surface area (Å²) in [5, 5.41) is 23.6. The first-order valence-electron chi connectivity index (χ1n) is 20.5. The number of hydrogen-bond donors (Lipinski definition) is 2. The van der Waals surface area contributed by atoms with Crippen molar-refractivity contribution in [2.45, 2.75) is 116 Å². The lowest BCUT2D eigenvalue weighted by molar-refractivity contribution is -0.160. The van der Waals surface area contributed by atoms with Crippen LogP contribution in [0, 0.1) is 13.8 Å². The van der Waals surface area contributed by atoms with Gasteiger partial charge in [0.25, 0.3) is 0 Å². The van der Waals surface area contributed by atoms with Gasteiger partial charge >= 0.3 is 5.97 Å². The Balaban J connectivity index is 0.000000179. The molecule has 308 valence electrons. The lowest BCUT2D eigenvalue weighted by Gasteiger charge is -2.30. The Morgan fingerprint density at radius 3 is 1.44 bits per heavy atom. The number of fused-ring (bicyclic) bond motifs is 2. The molecule has 0 amide bonds. The molecule has 2 N–H and O–H groups in total. The number of ether oxygens (including phenoxy) is 2. The van der Waals surface area contributed by atoms with E-state index in [0.717, 1.165) is 66.4 Å². The number of carboxylic acid groups (broad SMARTS) is 1. The van der Waals surface area contributed by atoms with Gasteiger partial charge in [-0.1, -0.05) is 59.6 Å². The topological polar surface area (TPSA) is 102 Å². The minimum atomic E-state index is -1.09. The zero-order valence-electron chi connectivity index (χ0n) is 35.2. The van der Waals surface area contributed by atoms with E-state index in [1.807, 2.05) is 103 Å². The van der Waals surface area contributed by atoms with Crippen molar-refractivity contribution in [2.75, 3.05) is 6.61 Å². The van der Waals surface area contributed by atoms with E-state index < -0.39 is 23.8 Å². The Morgan fingerprint density at radius 2 is 1.07 bits per heavy atom. The minimum Gasteiger partial charge on any atom is -0.479 e. The van der Waals surface area contributed by atoms with Crippen LogP contribution in [0.15, 0.2) is 84.9 Å². The number of nitrogens with zero attached hydrogens (tertiary/aromatic N) is 2. The van der Waals surface area contributed by atoms with Crippen LogP contribution in [-0.4, -0.2) is 44.0 Å². The molecule has 0 unspecified atom stereocenters. The van der Waals surface area contributed by atoms with Crippen LogP contribution in [0.4, 0.5) is 0 Å². The maximum atomic E-state index is 12.3. The molecule has 2 saturated carbocycles. The molecule has 0 aliphatic heterocycles. The number of benzene rings is 4. The highest BCUT2D eigenvalue weighted by atomic mass is 35.5. The SMILES string of the molecule is Cc1cc2nc(C3CC3)ccc2c(-c2ccc(Cl)cc2)c1[C@@H](CO)OC(C)(C)C.Cc1cc2nc(C3CC3)ccc2c(-c2ccc(Cl)cc2)c1[C@H](OC(C)(C)C)C(=O)O. The lowest BCUT2D eigenvalue weighted by Crippen LogP contribution is -2.28. The molecule has 2 aliphatic carbocycles. The number of carbonyl (C=O) groups is 1. The van der Waals surface area contributed by atoms with Gasteiger partial charge in [-0.05, 0) is 169 Å². The summed E-state index contributed by atoms with van der Waals surface area (Å²) in [6, 6.07) is 27.9. The third-order valence-electron chi connectivity index (χ3n) is 10.7. The standard InChI is InChI=1S/C25H26ClNO3.C25H28ClNO2/c1-14-13-20-18(11-12-19(27-20)15-5-6-15)22(16-7-9-17(26)10-8-16)21(14)23(24(28)29)30-25(2,3)4;1-15-13-21-19(11-12-20(27-21)16-5-6-16)24(17-7-9-18(26)10-8-17)23(15)22(14-28)29-25(2,3)4/h7-13,15,23H,5-6H2,1-4H3,(H,28,29);7-13,16,22,28H,5-6,14H2,1-4H3/t23-;22-/m01/s1. The van der Waals surface area contributed by atoms with Crippen molar-refractivity contribution in [3.8, 4) is 22.3 Å². The molecular weight excluding hydrogens is 779 g/mol. The Bertz CT molecular complexity index is 2500. The number of rotatable bonds is 10. The highest BCUT2D eigenvalue weighted by Crippen LogP contribution is 2.45. The van der Waals surface area contributed by atoms with Crippen LogP contribution in [0.25, 0.3) is 44.1 Å². The second-order valence-electron chi connectivity index (χ2n) is 18.0. The summed E-state index contributed by atoms with van der Waals surface area (Å²) >= 11 is 12.3.